The van der Waals surface area contributed by atoms with Gasteiger partial charge in [-0.1, -0.05) is 30.3 Å². The van der Waals surface area contributed by atoms with E-state index in [2.05, 4.69) is 0 Å². The summed E-state index contributed by atoms with van der Waals surface area (Å²) < 4.78 is 37.6. The summed E-state index contributed by atoms with van der Waals surface area (Å²) >= 11 is 0. The van der Waals surface area contributed by atoms with Crippen LogP contribution in [-0.2, 0) is 40.0 Å². The van der Waals surface area contributed by atoms with Crippen molar-refractivity contribution in [1.29, 1.82) is 0 Å². The summed E-state index contributed by atoms with van der Waals surface area (Å²) in [5.41, 5.74) is 0.0243. The van der Waals surface area contributed by atoms with Crippen molar-refractivity contribution >= 4 is 22.1 Å². The van der Waals surface area contributed by atoms with Gasteiger partial charge in [0.05, 0.1) is 6.26 Å². The predicted molar refractivity (Wildman–Crippen MR) is 91.0 cm³/mol. The van der Waals surface area contributed by atoms with E-state index in [1.54, 1.807) is 20.8 Å². The van der Waals surface area contributed by atoms with Crippen LogP contribution >= 0.6 is 0 Å². The van der Waals surface area contributed by atoms with Crippen LogP contribution in [0, 0.1) is 0 Å². The Hall–Kier alpha value is -1.93. The van der Waals surface area contributed by atoms with Crippen molar-refractivity contribution in [2.45, 2.75) is 51.9 Å². The summed E-state index contributed by atoms with van der Waals surface area (Å²) in [5.74, 6) is -1.40. The summed E-state index contributed by atoms with van der Waals surface area (Å²) in [4.78, 5) is 23.9. The molecule has 0 aliphatic carbocycles. The lowest BCUT2D eigenvalue weighted by atomic mass is 10.1. The maximum Gasteiger partial charge on any atom is 0.337 e. The van der Waals surface area contributed by atoms with Crippen LogP contribution in [0.1, 0.15) is 39.2 Å². The van der Waals surface area contributed by atoms with E-state index in [-0.39, 0.29) is 19.4 Å². The molecule has 0 aliphatic rings. The van der Waals surface area contributed by atoms with Crippen molar-refractivity contribution < 1.29 is 31.7 Å². The van der Waals surface area contributed by atoms with Crippen LogP contribution < -0.4 is 0 Å². The van der Waals surface area contributed by atoms with E-state index in [1.165, 1.54) is 0 Å². The molecule has 140 valence electrons. The lowest BCUT2D eigenvalue weighted by Crippen LogP contribution is -2.35. The van der Waals surface area contributed by atoms with Crippen molar-refractivity contribution in [1.82, 2.24) is 0 Å². The number of esters is 2. The molecule has 1 unspecified atom stereocenters. The first-order valence-electron chi connectivity index (χ1n) is 7.77. The van der Waals surface area contributed by atoms with Gasteiger partial charge in [-0.2, -0.15) is 8.42 Å². The summed E-state index contributed by atoms with van der Waals surface area (Å²) in [6, 6.07) is 9.11. The third-order valence-corrected chi connectivity index (χ3v) is 3.40. The number of benzene rings is 1. The molecule has 7 nitrogen and oxygen atoms in total. The fraction of sp³-hybridized carbons (Fsp3) is 0.529. The van der Waals surface area contributed by atoms with Crippen LogP contribution in [-0.4, -0.2) is 38.3 Å². The van der Waals surface area contributed by atoms with E-state index in [0.29, 0.717) is 0 Å². The second-order valence-corrected chi connectivity index (χ2v) is 8.11. The number of rotatable bonds is 8. The number of ether oxygens (including phenoxy) is 2. The van der Waals surface area contributed by atoms with Gasteiger partial charge in [0.15, 0.2) is 6.10 Å². The van der Waals surface area contributed by atoms with Crippen LogP contribution in [0.4, 0.5) is 0 Å². The molecular weight excluding hydrogens is 348 g/mol. The van der Waals surface area contributed by atoms with Crippen molar-refractivity contribution in [2.24, 2.45) is 0 Å². The monoisotopic (exact) mass is 372 g/mol. The number of carbonyl (C=O) groups is 2. The normalized spacial score (nSPS) is 13.1. The zero-order valence-electron chi connectivity index (χ0n) is 14.9. The molecule has 0 spiro atoms. The maximum atomic E-state index is 12.1. The van der Waals surface area contributed by atoms with Gasteiger partial charge in [0.25, 0.3) is 10.1 Å². The first-order valence-corrected chi connectivity index (χ1v) is 9.58. The first-order chi connectivity index (χ1) is 11.5. The Morgan fingerprint density at radius 1 is 1.12 bits per heavy atom. The molecular formula is C17H24O7S. The average Bonchev–Trinajstić information content (AvgIpc) is 2.47. The van der Waals surface area contributed by atoms with E-state index in [9.17, 15) is 18.0 Å². The van der Waals surface area contributed by atoms with Crippen LogP contribution in [0.3, 0.4) is 0 Å². The van der Waals surface area contributed by atoms with Gasteiger partial charge in [-0.05, 0) is 32.8 Å². The minimum absolute atomic E-state index is 0.101. The van der Waals surface area contributed by atoms with Crippen molar-refractivity contribution in [3.05, 3.63) is 35.9 Å². The molecule has 8 heteroatoms. The molecule has 0 bridgehead atoms. The van der Waals surface area contributed by atoms with Gasteiger partial charge in [0.2, 0.25) is 0 Å². The highest BCUT2D eigenvalue weighted by Gasteiger charge is 2.29. The molecule has 1 aromatic rings. The predicted octanol–water partition coefficient (Wildman–Crippen LogP) is 2.20. The second-order valence-electron chi connectivity index (χ2n) is 6.51. The topological polar surface area (TPSA) is 96.0 Å². The van der Waals surface area contributed by atoms with E-state index in [1.807, 2.05) is 30.3 Å². The van der Waals surface area contributed by atoms with E-state index in [0.717, 1.165) is 11.8 Å². The molecule has 0 heterocycles. The van der Waals surface area contributed by atoms with Gasteiger partial charge in [-0.25, -0.2) is 4.79 Å². The Morgan fingerprint density at radius 2 is 1.72 bits per heavy atom. The Kier molecular flexibility index (Phi) is 7.57. The minimum atomic E-state index is -3.88. The van der Waals surface area contributed by atoms with E-state index < -0.39 is 33.8 Å². The Morgan fingerprint density at radius 3 is 2.24 bits per heavy atom. The molecule has 1 aromatic carbocycles. The Balaban J connectivity index is 2.58. The van der Waals surface area contributed by atoms with Crippen LogP contribution in [0.2, 0.25) is 0 Å². The van der Waals surface area contributed by atoms with Crippen molar-refractivity contribution in [2.75, 3.05) is 6.26 Å². The highest BCUT2D eigenvalue weighted by Crippen LogP contribution is 2.15. The van der Waals surface area contributed by atoms with Gasteiger partial charge in [0.1, 0.15) is 12.2 Å². The zero-order valence-corrected chi connectivity index (χ0v) is 15.7. The lowest BCUT2D eigenvalue weighted by Gasteiger charge is -2.23. The molecule has 0 fully saturated rings. The second kappa shape index (κ2) is 8.96. The van der Waals surface area contributed by atoms with Crippen molar-refractivity contribution in [3.8, 4) is 0 Å². The molecule has 0 N–H and O–H groups in total. The van der Waals surface area contributed by atoms with E-state index in [4.69, 9.17) is 13.7 Å². The number of carbonyl (C=O) groups excluding carboxylic acids is 2. The smallest absolute Gasteiger partial charge is 0.337 e. The Labute approximate surface area is 148 Å². The lowest BCUT2D eigenvalue weighted by molar-refractivity contribution is -0.164. The summed E-state index contributed by atoms with van der Waals surface area (Å²) in [7, 11) is -3.88. The third-order valence-electron chi connectivity index (χ3n) is 2.81. The third kappa shape index (κ3) is 9.83. The maximum absolute atomic E-state index is 12.1. The minimum Gasteiger partial charge on any atom is -0.461 e. The number of hydrogen-bond donors (Lipinski definition) is 0. The summed E-state index contributed by atoms with van der Waals surface area (Å²) in [5, 5.41) is 0. The molecule has 0 saturated heterocycles. The quantitative estimate of drug-likeness (QED) is 0.510. The first kappa shape index (κ1) is 21.1. The SMILES string of the molecule is CC(C)(C)OC(=O)C(CCC(=O)OCc1ccccc1)OS(C)(=O)=O. The Bertz CT molecular complexity index is 675. The average molecular weight is 372 g/mol. The molecule has 1 rings (SSSR count). The van der Waals surface area contributed by atoms with Crippen LogP contribution in [0.5, 0.6) is 0 Å². The molecule has 0 saturated carbocycles. The highest BCUT2D eigenvalue weighted by molar-refractivity contribution is 7.86. The molecule has 0 radical (unpaired) electrons. The molecule has 25 heavy (non-hydrogen) atoms. The standard InChI is InChI=1S/C17H24O7S/c1-17(2,3)23-16(19)14(24-25(4,20)21)10-11-15(18)22-12-13-8-6-5-7-9-13/h5-9,14H,10-12H2,1-4H3. The van der Waals surface area contributed by atoms with Crippen LogP contribution in [0.15, 0.2) is 30.3 Å². The van der Waals surface area contributed by atoms with Crippen LogP contribution in [0.25, 0.3) is 0 Å². The van der Waals surface area contributed by atoms with Gasteiger partial charge >= 0.3 is 11.9 Å². The van der Waals surface area contributed by atoms with Crippen molar-refractivity contribution in [3.63, 3.8) is 0 Å². The molecule has 0 amide bonds. The fourth-order valence-corrected chi connectivity index (χ4v) is 2.44. The zero-order chi connectivity index (χ0) is 19.1. The molecule has 1 atom stereocenters. The molecule has 0 aromatic heterocycles. The molecule has 0 aliphatic heterocycles. The highest BCUT2D eigenvalue weighted by atomic mass is 32.2. The fourth-order valence-electron chi connectivity index (χ4n) is 1.84. The van der Waals surface area contributed by atoms with E-state index >= 15 is 0 Å². The van der Waals surface area contributed by atoms with Gasteiger partial charge in [0, 0.05) is 6.42 Å². The summed E-state index contributed by atoms with van der Waals surface area (Å²) in [6.07, 6.45) is -0.890. The largest absolute Gasteiger partial charge is 0.461 e. The van der Waals surface area contributed by atoms with Gasteiger partial charge in [-0.15, -0.1) is 0 Å². The van der Waals surface area contributed by atoms with Gasteiger partial charge in [-0.3, -0.25) is 8.98 Å². The summed E-state index contributed by atoms with van der Waals surface area (Å²) in [6.45, 7) is 5.05. The van der Waals surface area contributed by atoms with Gasteiger partial charge < -0.3 is 9.47 Å². The number of hydrogen-bond acceptors (Lipinski definition) is 7.